The van der Waals surface area contributed by atoms with E-state index in [1.54, 1.807) is 18.3 Å². The van der Waals surface area contributed by atoms with E-state index in [4.69, 9.17) is 4.74 Å². The minimum atomic E-state index is 0.130. The lowest BCUT2D eigenvalue weighted by atomic mass is 10.1. The normalized spacial score (nSPS) is 13.2. The van der Waals surface area contributed by atoms with Crippen LogP contribution in [0.5, 0.6) is 5.75 Å². The molecule has 0 N–H and O–H groups in total. The lowest BCUT2D eigenvalue weighted by Gasteiger charge is -2.01. The van der Waals surface area contributed by atoms with Gasteiger partial charge in [-0.3, -0.25) is 4.79 Å². The van der Waals surface area contributed by atoms with Crippen molar-refractivity contribution in [3.8, 4) is 16.2 Å². The molecule has 86 valence electrons. The van der Waals surface area contributed by atoms with Gasteiger partial charge >= 0.3 is 0 Å². The highest BCUT2D eigenvalue weighted by molar-refractivity contribution is 7.17. The van der Waals surface area contributed by atoms with Gasteiger partial charge in [-0.25, -0.2) is 0 Å². The number of ketones is 1. The number of hydrogen-bond donors (Lipinski definition) is 0. The minimum absolute atomic E-state index is 0.130. The standard InChI is InChI=1S/C14H12O2S/c1-9(15)13-4-5-14(17-13)11-2-3-12-10(8-11)6-7-16-12/h2-5,8H,6-7H2,1H3. The van der Waals surface area contributed by atoms with E-state index in [0.29, 0.717) is 0 Å². The lowest BCUT2D eigenvalue weighted by molar-refractivity contribution is 0.102. The van der Waals surface area contributed by atoms with E-state index in [1.165, 1.54) is 11.1 Å². The van der Waals surface area contributed by atoms with Crippen LogP contribution in [-0.4, -0.2) is 12.4 Å². The van der Waals surface area contributed by atoms with Gasteiger partial charge in [0.05, 0.1) is 11.5 Å². The van der Waals surface area contributed by atoms with Gasteiger partial charge in [0.15, 0.2) is 5.78 Å². The van der Waals surface area contributed by atoms with Crippen LogP contribution in [0.4, 0.5) is 0 Å². The van der Waals surface area contributed by atoms with Crippen LogP contribution in [-0.2, 0) is 6.42 Å². The van der Waals surface area contributed by atoms with E-state index in [-0.39, 0.29) is 5.78 Å². The van der Waals surface area contributed by atoms with E-state index < -0.39 is 0 Å². The second kappa shape index (κ2) is 4.00. The third-order valence-electron chi connectivity index (χ3n) is 2.93. The molecule has 0 bridgehead atoms. The maximum Gasteiger partial charge on any atom is 0.169 e. The summed E-state index contributed by atoms with van der Waals surface area (Å²) < 4.78 is 5.48. The number of benzene rings is 1. The largest absolute Gasteiger partial charge is 0.493 e. The van der Waals surface area contributed by atoms with Crippen molar-refractivity contribution < 1.29 is 9.53 Å². The Morgan fingerprint density at radius 3 is 2.94 bits per heavy atom. The first-order valence-electron chi connectivity index (χ1n) is 5.61. The first-order valence-corrected chi connectivity index (χ1v) is 6.42. The molecule has 0 unspecified atom stereocenters. The summed E-state index contributed by atoms with van der Waals surface area (Å²) in [4.78, 5) is 13.2. The highest BCUT2D eigenvalue weighted by Crippen LogP contribution is 2.33. The predicted molar refractivity (Wildman–Crippen MR) is 69.0 cm³/mol. The molecular weight excluding hydrogens is 232 g/mol. The smallest absolute Gasteiger partial charge is 0.169 e. The van der Waals surface area contributed by atoms with E-state index in [0.717, 1.165) is 28.5 Å². The molecular formula is C14H12O2S. The van der Waals surface area contributed by atoms with E-state index >= 15 is 0 Å². The van der Waals surface area contributed by atoms with Crippen molar-refractivity contribution >= 4 is 17.1 Å². The number of hydrogen-bond acceptors (Lipinski definition) is 3. The molecule has 3 rings (SSSR count). The number of thiophene rings is 1. The van der Waals surface area contributed by atoms with Gasteiger partial charge in [-0.15, -0.1) is 11.3 Å². The maximum absolute atomic E-state index is 11.3. The SMILES string of the molecule is CC(=O)c1ccc(-c2ccc3c(c2)CCO3)s1. The summed E-state index contributed by atoms with van der Waals surface area (Å²) in [5.41, 5.74) is 2.44. The van der Waals surface area contributed by atoms with Crippen molar-refractivity contribution in [1.29, 1.82) is 0 Å². The zero-order chi connectivity index (χ0) is 11.8. The van der Waals surface area contributed by atoms with Crippen LogP contribution in [0.3, 0.4) is 0 Å². The fraction of sp³-hybridized carbons (Fsp3) is 0.214. The molecule has 0 fully saturated rings. The molecule has 2 heterocycles. The summed E-state index contributed by atoms with van der Waals surface area (Å²) in [6.07, 6.45) is 0.980. The second-order valence-electron chi connectivity index (χ2n) is 4.14. The number of carbonyl (C=O) groups excluding carboxylic acids is 1. The molecule has 2 nitrogen and oxygen atoms in total. The Balaban J connectivity index is 2.00. The Morgan fingerprint density at radius 1 is 1.29 bits per heavy atom. The fourth-order valence-electron chi connectivity index (χ4n) is 2.02. The van der Waals surface area contributed by atoms with Crippen molar-refractivity contribution in [2.45, 2.75) is 13.3 Å². The van der Waals surface area contributed by atoms with Crippen LogP contribution in [0.2, 0.25) is 0 Å². The number of Topliss-reactive ketones (excluding diaryl/α,β-unsaturated/α-hetero) is 1. The van der Waals surface area contributed by atoms with Crippen LogP contribution in [0, 0.1) is 0 Å². The molecule has 1 aliphatic rings. The molecule has 1 aromatic carbocycles. The molecule has 0 spiro atoms. The molecule has 3 heteroatoms. The quantitative estimate of drug-likeness (QED) is 0.755. The van der Waals surface area contributed by atoms with Gasteiger partial charge in [0.1, 0.15) is 5.75 Å². The molecule has 0 aliphatic carbocycles. The maximum atomic E-state index is 11.3. The van der Waals surface area contributed by atoms with Gasteiger partial charge in [-0.2, -0.15) is 0 Å². The molecule has 0 radical (unpaired) electrons. The van der Waals surface area contributed by atoms with Crippen molar-refractivity contribution in [2.75, 3.05) is 6.61 Å². The molecule has 0 saturated carbocycles. The Labute approximate surface area is 104 Å². The third-order valence-corrected chi connectivity index (χ3v) is 4.16. The summed E-state index contributed by atoms with van der Waals surface area (Å²) in [7, 11) is 0. The summed E-state index contributed by atoms with van der Waals surface area (Å²) >= 11 is 1.55. The zero-order valence-electron chi connectivity index (χ0n) is 9.53. The van der Waals surface area contributed by atoms with Gasteiger partial charge in [0, 0.05) is 11.3 Å². The van der Waals surface area contributed by atoms with Crippen LogP contribution >= 0.6 is 11.3 Å². The molecule has 17 heavy (non-hydrogen) atoms. The lowest BCUT2D eigenvalue weighted by Crippen LogP contribution is -1.85. The van der Waals surface area contributed by atoms with Gasteiger partial charge in [0.2, 0.25) is 0 Å². The molecule has 0 saturated heterocycles. The van der Waals surface area contributed by atoms with E-state index in [1.807, 2.05) is 18.2 Å². The van der Waals surface area contributed by atoms with Gasteiger partial charge in [-0.1, -0.05) is 0 Å². The molecule has 1 aliphatic heterocycles. The Bertz CT molecular complexity index is 584. The average molecular weight is 244 g/mol. The summed E-state index contributed by atoms with van der Waals surface area (Å²) in [6, 6.07) is 10.1. The number of fused-ring (bicyclic) bond motifs is 1. The second-order valence-corrected chi connectivity index (χ2v) is 5.22. The highest BCUT2D eigenvalue weighted by atomic mass is 32.1. The van der Waals surface area contributed by atoms with Crippen LogP contribution in [0.15, 0.2) is 30.3 Å². The molecule has 0 atom stereocenters. The Morgan fingerprint density at radius 2 is 2.18 bits per heavy atom. The van der Waals surface area contributed by atoms with Crippen LogP contribution in [0.1, 0.15) is 22.2 Å². The molecule has 1 aromatic heterocycles. The average Bonchev–Trinajstić information content (AvgIpc) is 2.97. The molecule has 0 amide bonds. The van der Waals surface area contributed by atoms with Crippen LogP contribution < -0.4 is 4.74 Å². The van der Waals surface area contributed by atoms with Crippen molar-refractivity contribution in [3.05, 3.63) is 40.8 Å². The first kappa shape index (κ1) is 10.5. The number of ether oxygens (including phenoxy) is 1. The predicted octanol–water partition coefficient (Wildman–Crippen LogP) is 3.55. The van der Waals surface area contributed by atoms with Crippen molar-refractivity contribution in [3.63, 3.8) is 0 Å². The fourth-order valence-corrected chi connectivity index (χ4v) is 2.92. The molecule has 2 aromatic rings. The van der Waals surface area contributed by atoms with Gasteiger partial charge in [0.25, 0.3) is 0 Å². The first-order chi connectivity index (χ1) is 8.24. The Kier molecular flexibility index (Phi) is 2.48. The number of carbonyl (C=O) groups is 1. The minimum Gasteiger partial charge on any atom is -0.493 e. The summed E-state index contributed by atoms with van der Waals surface area (Å²) in [5.74, 6) is 1.13. The van der Waals surface area contributed by atoms with Crippen LogP contribution in [0.25, 0.3) is 10.4 Å². The zero-order valence-corrected chi connectivity index (χ0v) is 10.3. The summed E-state index contributed by atoms with van der Waals surface area (Å²) in [6.45, 7) is 2.38. The van der Waals surface area contributed by atoms with Gasteiger partial charge < -0.3 is 4.74 Å². The van der Waals surface area contributed by atoms with Gasteiger partial charge in [-0.05, 0) is 48.4 Å². The Hall–Kier alpha value is -1.61. The number of rotatable bonds is 2. The highest BCUT2D eigenvalue weighted by Gasteiger charge is 2.13. The third kappa shape index (κ3) is 1.87. The van der Waals surface area contributed by atoms with Crippen molar-refractivity contribution in [2.24, 2.45) is 0 Å². The summed E-state index contributed by atoms with van der Waals surface area (Å²) in [5, 5.41) is 0. The topological polar surface area (TPSA) is 26.3 Å². The van der Waals surface area contributed by atoms with E-state index in [2.05, 4.69) is 12.1 Å². The van der Waals surface area contributed by atoms with E-state index in [9.17, 15) is 4.79 Å². The monoisotopic (exact) mass is 244 g/mol. The van der Waals surface area contributed by atoms with Crippen molar-refractivity contribution in [1.82, 2.24) is 0 Å².